The van der Waals surface area contributed by atoms with Gasteiger partial charge in [-0.15, -0.1) is 0 Å². The summed E-state index contributed by atoms with van der Waals surface area (Å²) in [4.78, 5) is 26.2. The summed E-state index contributed by atoms with van der Waals surface area (Å²) in [6.07, 6.45) is 5.51. The van der Waals surface area contributed by atoms with Gasteiger partial charge in [-0.25, -0.2) is 0 Å². The quantitative estimate of drug-likeness (QED) is 0.357. The SMILES string of the molecule is CC(C)CCC[C@]1(C)Oc2ccc(CC(=O)N(CC(=O)O)Cc3ccc(Cl)cc3)cc2[C@@H]2O[C@H](C)CC[C@H]21. The van der Waals surface area contributed by atoms with Gasteiger partial charge in [-0.05, 0) is 80.8 Å². The maximum atomic E-state index is 13.3. The summed E-state index contributed by atoms with van der Waals surface area (Å²) in [6.45, 7) is 8.69. The van der Waals surface area contributed by atoms with Crippen LogP contribution in [0.4, 0.5) is 0 Å². The lowest BCUT2D eigenvalue weighted by Crippen LogP contribution is -2.50. The molecule has 0 bridgehead atoms. The third kappa shape index (κ3) is 6.89. The first-order chi connectivity index (χ1) is 18.0. The van der Waals surface area contributed by atoms with Crippen LogP contribution >= 0.6 is 11.6 Å². The van der Waals surface area contributed by atoms with E-state index in [2.05, 4.69) is 27.7 Å². The first-order valence-electron chi connectivity index (χ1n) is 13.8. The Morgan fingerprint density at radius 3 is 2.53 bits per heavy atom. The molecule has 206 valence electrons. The molecule has 2 heterocycles. The van der Waals surface area contributed by atoms with E-state index in [1.807, 2.05) is 18.2 Å². The number of aliphatic carboxylic acids is 1. The summed E-state index contributed by atoms with van der Waals surface area (Å²) in [5, 5.41) is 10.0. The largest absolute Gasteiger partial charge is 0.487 e. The van der Waals surface area contributed by atoms with Gasteiger partial charge in [-0.2, -0.15) is 0 Å². The molecule has 4 rings (SSSR count). The summed E-state index contributed by atoms with van der Waals surface area (Å²) >= 11 is 5.98. The van der Waals surface area contributed by atoms with Crippen LogP contribution in [0.25, 0.3) is 0 Å². The molecule has 2 aliphatic rings. The summed E-state index contributed by atoms with van der Waals surface area (Å²) in [5.74, 6) is 0.445. The zero-order valence-electron chi connectivity index (χ0n) is 22.9. The van der Waals surface area contributed by atoms with Gasteiger partial charge in [0.15, 0.2) is 0 Å². The number of carbonyl (C=O) groups is 2. The van der Waals surface area contributed by atoms with E-state index in [1.165, 1.54) is 11.3 Å². The van der Waals surface area contributed by atoms with Crippen molar-refractivity contribution in [1.29, 1.82) is 0 Å². The molecule has 6 nitrogen and oxygen atoms in total. The lowest BCUT2D eigenvalue weighted by Gasteiger charge is -2.50. The molecule has 38 heavy (non-hydrogen) atoms. The molecule has 4 atom stereocenters. The van der Waals surface area contributed by atoms with Crippen molar-refractivity contribution < 1.29 is 24.2 Å². The van der Waals surface area contributed by atoms with Gasteiger partial charge in [0.05, 0.1) is 18.6 Å². The molecule has 0 radical (unpaired) electrons. The number of ether oxygens (including phenoxy) is 2. The monoisotopic (exact) mass is 541 g/mol. The fraction of sp³-hybridized carbons (Fsp3) is 0.548. The van der Waals surface area contributed by atoms with E-state index in [1.54, 1.807) is 24.3 Å². The smallest absolute Gasteiger partial charge is 0.323 e. The van der Waals surface area contributed by atoms with E-state index in [0.717, 1.165) is 48.1 Å². The normalized spacial score (nSPS) is 24.3. The maximum Gasteiger partial charge on any atom is 0.323 e. The number of carboxylic acids is 1. The van der Waals surface area contributed by atoms with E-state index < -0.39 is 5.97 Å². The molecule has 0 aliphatic carbocycles. The van der Waals surface area contributed by atoms with Gasteiger partial charge < -0.3 is 19.5 Å². The summed E-state index contributed by atoms with van der Waals surface area (Å²) in [6, 6.07) is 13.0. The van der Waals surface area contributed by atoms with Crippen molar-refractivity contribution in [3.05, 3.63) is 64.2 Å². The van der Waals surface area contributed by atoms with Crippen molar-refractivity contribution in [2.24, 2.45) is 11.8 Å². The number of halogens is 1. The highest BCUT2D eigenvalue weighted by Crippen LogP contribution is 2.52. The van der Waals surface area contributed by atoms with Crippen LogP contribution in [0.3, 0.4) is 0 Å². The Hall–Kier alpha value is -2.57. The number of benzene rings is 2. The van der Waals surface area contributed by atoms with Crippen LogP contribution in [-0.2, 0) is 27.3 Å². The standard InChI is InChI=1S/C31H40ClNO5/c1-20(2)6-5-15-31(4)26-13-7-21(3)37-30(26)25-16-23(10-14-27(25)38-31)17-28(34)33(19-29(35)36)18-22-8-11-24(32)12-9-22/h8-12,14,16,20-21,26,30H,5-7,13,15,17-19H2,1-4H3,(H,35,36)/t21-,26-,30+,31+/m1/s1. The number of carbonyl (C=O) groups excluding carboxylic acids is 1. The van der Waals surface area contributed by atoms with Crippen LogP contribution in [-0.4, -0.2) is 40.1 Å². The summed E-state index contributed by atoms with van der Waals surface area (Å²) < 4.78 is 13.2. The summed E-state index contributed by atoms with van der Waals surface area (Å²) in [5.41, 5.74) is 2.36. The Morgan fingerprint density at radius 1 is 1.13 bits per heavy atom. The van der Waals surface area contributed by atoms with Crippen molar-refractivity contribution in [3.63, 3.8) is 0 Å². The van der Waals surface area contributed by atoms with E-state index >= 15 is 0 Å². The second-order valence-corrected chi connectivity index (χ2v) is 12.0. The summed E-state index contributed by atoms with van der Waals surface area (Å²) in [7, 11) is 0. The number of fused-ring (bicyclic) bond motifs is 3. The lowest BCUT2D eigenvalue weighted by atomic mass is 9.72. The minimum absolute atomic E-state index is 0.0780. The zero-order chi connectivity index (χ0) is 27.4. The molecular weight excluding hydrogens is 502 g/mol. The molecule has 1 amide bonds. The Labute approximate surface area is 231 Å². The minimum Gasteiger partial charge on any atom is -0.487 e. The highest BCUT2D eigenvalue weighted by molar-refractivity contribution is 6.30. The highest BCUT2D eigenvalue weighted by atomic mass is 35.5. The molecule has 2 aliphatic heterocycles. The molecule has 1 N–H and O–H groups in total. The number of rotatable bonds is 10. The predicted octanol–water partition coefficient (Wildman–Crippen LogP) is 6.83. The fourth-order valence-corrected chi connectivity index (χ4v) is 5.96. The van der Waals surface area contributed by atoms with Crippen molar-refractivity contribution in [2.45, 2.75) is 90.6 Å². The average molecular weight is 542 g/mol. The molecule has 0 unspecified atom stereocenters. The average Bonchev–Trinajstić information content (AvgIpc) is 2.85. The number of carboxylic acid groups (broad SMARTS) is 1. The van der Waals surface area contributed by atoms with Crippen LogP contribution < -0.4 is 4.74 Å². The molecule has 1 saturated heterocycles. The molecule has 0 saturated carbocycles. The predicted molar refractivity (Wildman–Crippen MR) is 148 cm³/mol. The number of hydrogen-bond donors (Lipinski definition) is 1. The lowest BCUT2D eigenvalue weighted by molar-refractivity contribution is -0.152. The van der Waals surface area contributed by atoms with Crippen LogP contribution in [0.15, 0.2) is 42.5 Å². The van der Waals surface area contributed by atoms with Crippen molar-refractivity contribution in [2.75, 3.05) is 6.54 Å². The van der Waals surface area contributed by atoms with Gasteiger partial charge in [0.25, 0.3) is 0 Å². The van der Waals surface area contributed by atoms with E-state index in [0.29, 0.717) is 10.9 Å². The second kappa shape index (κ2) is 12.1. The first-order valence-corrected chi connectivity index (χ1v) is 14.1. The fourth-order valence-electron chi connectivity index (χ4n) is 5.83. The molecule has 2 aromatic carbocycles. The maximum absolute atomic E-state index is 13.3. The van der Waals surface area contributed by atoms with Crippen LogP contribution in [0.2, 0.25) is 5.02 Å². The van der Waals surface area contributed by atoms with Gasteiger partial charge in [0, 0.05) is 23.0 Å². The number of hydrogen-bond acceptors (Lipinski definition) is 4. The zero-order valence-corrected chi connectivity index (χ0v) is 23.7. The second-order valence-electron chi connectivity index (χ2n) is 11.6. The Balaban J connectivity index is 1.54. The highest BCUT2D eigenvalue weighted by Gasteiger charge is 2.49. The third-order valence-electron chi connectivity index (χ3n) is 7.91. The number of nitrogens with zero attached hydrogens (tertiary/aromatic N) is 1. The Kier molecular flexibility index (Phi) is 9.04. The Morgan fingerprint density at radius 2 is 1.84 bits per heavy atom. The minimum atomic E-state index is -1.05. The van der Waals surface area contributed by atoms with Crippen LogP contribution in [0.5, 0.6) is 5.75 Å². The molecule has 1 fully saturated rings. The Bertz CT molecular complexity index is 1130. The number of amides is 1. The molecule has 0 aromatic heterocycles. The van der Waals surface area contributed by atoms with Gasteiger partial charge >= 0.3 is 5.97 Å². The van der Waals surface area contributed by atoms with Gasteiger partial charge in [0.2, 0.25) is 5.91 Å². The third-order valence-corrected chi connectivity index (χ3v) is 8.16. The first kappa shape index (κ1) is 28.4. The van der Waals surface area contributed by atoms with Gasteiger partial charge in [-0.3, -0.25) is 9.59 Å². The topological polar surface area (TPSA) is 76.1 Å². The van der Waals surface area contributed by atoms with Crippen LogP contribution in [0.1, 0.15) is 82.6 Å². The van der Waals surface area contributed by atoms with Crippen molar-refractivity contribution in [3.8, 4) is 5.75 Å². The molecule has 0 spiro atoms. The van der Waals surface area contributed by atoms with Crippen LogP contribution in [0, 0.1) is 11.8 Å². The van der Waals surface area contributed by atoms with Crippen molar-refractivity contribution >= 4 is 23.5 Å². The van der Waals surface area contributed by atoms with E-state index in [9.17, 15) is 14.7 Å². The van der Waals surface area contributed by atoms with Gasteiger partial charge in [-0.1, -0.05) is 50.1 Å². The van der Waals surface area contributed by atoms with Crippen molar-refractivity contribution in [1.82, 2.24) is 4.90 Å². The van der Waals surface area contributed by atoms with E-state index in [-0.39, 0.29) is 49.1 Å². The molecule has 7 heteroatoms. The van der Waals surface area contributed by atoms with E-state index in [4.69, 9.17) is 21.1 Å². The van der Waals surface area contributed by atoms with Gasteiger partial charge in [0.1, 0.15) is 17.9 Å². The molecule has 2 aromatic rings. The molecular formula is C31H40ClNO5.